The van der Waals surface area contributed by atoms with E-state index in [4.69, 9.17) is 4.74 Å². The minimum atomic E-state index is -3.77. The Bertz CT molecular complexity index is 955. The fourth-order valence-electron chi connectivity index (χ4n) is 3.07. The number of carbonyl (C=O) groups is 1. The number of carbonyl (C=O) groups excluding carboxylic acids is 1. The molecule has 0 radical (unpaired) electrons. The summed E-state index contributed by atoms with van der Waals surface area (Å²) in [5, 5.41) is 4.08. The predicted octanol–water partition coefficient (Wildman–Crippen LogP) is 0.624. The van der Waals surface area contributed by atoms with Crippen molar-refractivity contribution in [2.45, 2.75) is 44.0 Å². The fourth-order valence-corrected chi connectivity index (χ4v) is 4.71. The summed E-state index contributed by atoms with van der Waals surface area (Å²) in [6.07, 6.45) is 5.07. The molecule has 26 heavy (non-hydrogen) atoms. The van der Waals surface area contributed by atoms with Crippen molar-refractivity contribution in [2.24, 2.45) is 0 Å². The van der Waals surface area contributed by atoms with Crippen molar-refractivity contribution < 1.29 is 17.9 Å². The molecule has 1 aliphatic heterocycles. The second kappa shape index (κ2) is 7.58. The lowest BCUT2D eigenvalue weighted by Crippen LogP contribution is -2.32. The zero-order chi connectivity index (χ0) is 18.7. The number of hydrogen-bond donors (Lipinski definition) is 0. The van der Waals surface area contributed by atoms with Crippen LogP contribution in [0, 0.1) is 0 Å². The lowest BCUT2D eigenvalue weighted by molar-refractivity contribution is -0.144. The Morgan fingerprint density at radius 2 is 1.92 bits per heavy atom. The maximum absolute atomic E-state index is 13.1. The largest absolute Gasteiger partial charge is 0.465 e. The van der Waals surface area contributed by atoms with Gasteiger partial charge in [-0.2, -0.15) is 4.31 Å². The SMILES string of the molecule is CCOC(=O)Cn1nc2c(S(=O)(=O)N3CCCCCC3)cccn2c1=O. The Morgan fingerprint density at radius 1 is 1.23 bits per heavy atom. The lowest BCUT2D eigenvalue weighted by atomic mass is 10.2. The fraction of sp³-hybridized carbons (Fsp3) is 0.562. The van der Waals surface area contributed by atoms with Crippen LogP contribution in [0.5, 0.6) is 0 Å². The Morgan fingerprint density at radius 3 is 2.58 bits per heavy atom. The smallest absolute Gasteiger partial charge is 0.350 e. The van der Waals surface area contributed by atoms with E-state index in [1.807, 2.05) is 0 Å². The first-order valence-corrected chi connectivity index (χ1v) is 10.1. The number of pyridine rings is 1. The molecule has 0 N–H and O–H groups in total. The molecule has 1 fully saturated rings. The molecule has 3 heterocycles. The molecule has 9 nitrogen and oxygen atoms in total. The highest BCUT2D eigenvalue weighted by Gasteiger charge is 2.29. The first-order valence-electron chi connectivity index (χ1n) is 8.69. The van der Waals surface area contributed by atoms with Crippen LogP contribution < -0.4 is 5.69 Å². The van der Waals surface area contributed by atoms with Gasteiger partial charge in [-0.25, -0.2) is 22.3 Å². The Labute approximate surface area is 151 Å². The molecule has 1 saturated heterocycles. The third-order valence-corrected chi connectivity index (χ3v) is 6.26. The summed E-state index contributed by atoms with van der Waals surface area (Å²) in [5.41, 5.74) is -0.563. The number of sulfonamides is 1. The van der Waals surface area contributed by atoms with Crippen molar-refractivity contribution in [3.63, 3.8) is 0 Å². The Kier molecular flexibility index (Phi) is 5.42. The molecular formula is C16H22N4O5S. The van der Waals surface area contributed by atoms with Gasteiger partial charge >= 0.3 is 11.7 Å². The summed E-state index contributed by atoms with van der Waals surface area (Å²) in [7, 11) is -3.77. The molecular weight excluding hydrogens is 360 g/mol. The minimum Gasteiger partial charge on any atom is -0.465 e. The average Bonchev–Trinajstić information content (AvgIpc) is 2.81. The minimum absolute atomic E-state index is 0.0195. The highest BCUT2D eigenvalue weighted by atomic mass is 32.2. The van der Waals surface area contributed by atoms with Crippen molar-refractivity contribution in [3.05, 3.63) is 28.8 Å². The van der Waals surface area contributed by atoms with Crippen LogP contribution in [0.25, 0.3) is 5.65 Å². The van der Waals surface area contributed by atoms with Crippen molar-refractivity contribution in [2.75, 3.05) is 19.7 Å². The molecule has 1 aliphatic rings. The maximum Gasteiger partial charge on any atom is 0.350 e. The molecule has 0 amide bonds. The molecule has 0 aromatic carbocycles. The van der Waals surface area contributed by atoms with Crippen molar-refractivity contribution in [1.82, 2.24) is 18.5 Å². The van der Waals surface area contributed by atoms with Gasteiger partial charge in [0.1, 0.15) is 11.4 Å². The van der Waals surface area contributed by atoms with Crippen LogP contribution in [0.1, 0.15) is 32.6 Å². The van der Waals surface area contributed by atoms with Crippen LogP contribution in [-0.4, -0.2) is 52.6 Å². The van der Waals surface area contributed by atoms with E-state index in [1.54, 1.807) is 6.92 Å². The quantitative estimate of drug-likeness (QED) is 0.703. The number of ether oxygens (including phenoxy) is 1. The van der Waals surface area contributed by atoms with E-state index in [0.29, 0.717) is 13.1 Å². The third-order valence-electron chi connectivity index (χ3n) is 4.34. The van der Waals surface area contributed by atoms with Crippen molar-refractivity contribution in [3.8, 4) is 0 Å². The summed E-state index contributed by atoms with van der Waals surface area (Å²) in [4.78, 5) is 24.1. The zero-order valence-electron chi connectivity index (χ0n) is 14.6. The highest BCUT2D eigenvalue weighted by Crippen LogP contribution is 2.22. The molecule has 2 aromatic heterocycles. The molecule has 0 aliphatic carbocycles. The number of aromatic nitrogens is 3. The van der Waals surface area contributed by atoms with Gasteiger partial charge in [0.2, 0.25) is 10.0 Å². The summed E-state index contributed by atoms with van der Waals surface area (Å²) in [5.74, 6) is -0.602. The van der Waals surface area contributed by atoms with Crippen LogP contribution >= 0.6 is 0 Å². The van der Waals surface area contributed by atoms with E-state index >= 15 is 0 Å². The van der Waals surface area contributed by atoms with Gasteiger partial charge in [-0.15, -0.1) is 5.10 Å². The van der Waals surface area contributed by atoms with Gasteiger partial charge in [-0.05, 0) is 31.9 Å². The van der Waals surface area contributed by atoms with Crippen LogP contribution in [0.15, 0.2) is 28.0 Å². The van der Waals surface area contributed by atoms with Gasteiger partial charge in [0.15, 0.2) is 5.65 Å². The van der Waals surface area contributed by atoms with Gasteiger partial charge in [0.05, 0.1) is 6.61 Å². The van der Waals surface area contributed by atoms with Crippen LogP contribution in [-0.2, 0) is 26.1 Å². The summed E-state index contributed by atoms with van der Waals surface area (Å²) >= 11 is 0. The molecule has 0 spiro atoms. The first kappa shape index (κ1) is 18.6. The lowest BCUT2D eigenvalue weighted by Gasteiger charge is -2.19. The standard InChI is InChI=1S/C16H22N4O5S/c1-2-25-14(21)12-20-16(22)19-11-7-8-13(15(19)17-20)26(23,24)18-9-5-3-4-6-10-18/h7-8,11H,2-6,9-10,12H2,1H3. The normalized spacial score (nSPS) is 16.5. The van der Waals surface area contributed by atoms with Crippen molar-refractivity contribution >= 4 is 21.6 Å². The van der Waals surface area contributed by atoms with E-state index in [0.717, 1.165) is 34.8 Å². The zero-order valence-corrected chi connectivity index (χ0v) is 15.4. The second-order valence-corrected chi connectivity index (χ2v) is 8.04. The van der Waals surface area contributed by atoms with E-state index in [9.17, 15) is 18.0 Å². The summed E-state index contributed by atoms with van der Waals surface area (Å²) < 4.78 is 34.5. The average molecular weight is 382 g/mol. The number of fused-ring (bicyclic) bond motifs is 1. The van der Waals surface area contributed by atoms with E-state index in [-0.39, 0.29) is 23.7 Å². The van der Waals surface area contributed by atoms with E-state index in [1.165, 1.54) is 22.6 Å². The second-order valence-electron chi connectivity index (χ2n) is 6.13. The summed E-state index contributed by atoms with van der Waals surface area (Å²) in [6.45, 7) is 2.40. The van der Waals surface area contributed by atoms with E-state index < -0.39 is 21.7 Å². The predicted molar refractivity (Wildman–Crippen MR) is 93.3 cm³/mol. The number of hydrogen-bond acceptors (Lipinski definition) is 6. The molecule has 0 saturated carbocycles. The molecule has 0 bridgehead atoms. The van der Waals surface area contributed by atoms with E-state index in [2.05, 4.69) is 5.10 Å². The van der Waals surface area contributed by atoms with Crippen molar-refractivity contribution in [1.29, 1.82) is 0 Å². The molecule has 0 unspecified atom stereocenters. The highest BCUT2D eigenvalue weighted by molar-refractivity contribution is 7.89. The third kappa shape index (κ3) is 3.51. The Balaban J connectivity index is 2.04. The first-order chi connectivity index (χ1) is 12.4. The van der Waals surface area contributed by atoms with Gasteiger partial charge in [-0.3, -0.25) is 4.79 Å². The van der Waals surface area contributed by atoms with Gasteiger partial charge in [-0.1, -0.05) is 12.8 Å². The topological polar surface area (TPSA) is 103 Å². The van der Waals surface area contributed by atoms with Crippen LogP contribution in [0.3, 0.4) is 0 Å². The maximum atomic E-state index is 13.1. The molecule has 142 valence electrons. The van der Waals surface area contributed by atoms with Crippen LogP contribution in [0.2, 0.25) is 0 Å². The Hall–Kier alpha value is -2.20. The van der Waals surface area contributed by atoms with Gasteiger partial charge in [0, 0.05) is 19.3 Å². The molecule has 0 atom stereocenters. The van der Waals surface area contributed by atoms with Gasteiger partial charge in [0.25, 0.3) is 0 Å². The number of nitrogens with zero attached hydrogens (tertiary/aromatic N) is 4. The van der Waals surface area contributed by atoms with Crippen LogP contribution in [0.4, 0.5) is 0 Å². The summed E-state index contributed by atoms with van der Waals surface area (Å²) in [6, 6.07) is 2.94. The molecule has 10 heteroatoms. The monoisotopic (exact) mass is 382 g/mol. The number of rotatable bonds is 5. The number of esters is 1. The molecule has 2 aromatic rings. The molecule has 3 rings (SSSR count). The van der Waals surface area contributed by atoms with Gasteiger partial charge < -0.3 is 4.74 Å².